The van der Waals surface area contributed by atoms with E-state index < -0.39 is 18.0 Å². The van der Waals surface area contributed by atoms with Gasteiger partial charge in [0, 0.05) is 6.54 Å². The van der Waals surface area contributed by atoms with Crippen molar-refractivity contribution in [1.82, 2.24) is 4.90 Å². The summed E-state index contributed by atoms with van der Waals surface area (Å²) >= 11 is 0. The highest BCUT2D eigenvalue weighted by atomic mass is 19.4. The smallest absolute Gasteiger partial charge is 0.291 e. The predicted octanol–water partition coefficient (Wildman–Crippen LogP) is 2.92. The molecular weight excluding hydrogens is 222 g/mol. The van der Waals surface area contributed by atoms with Gasteiger partial charge in [0.2, 0.25) is 0 Å². The third-order valence-corrected chi connectivity index (χ3v) is 2.88. The summed E-state index contributed by atoms with van der Waals surface area (Å²) in [6.07, 6.45) is -3.86. The number of hydrogen-bond acceptors (Lipinski definition) is 1. The van der Waals surface area contributed by atoms with Crippen molar-refractivity contribution >= 4 is 0 Å². The number of nitrogens with zero attached hydrogens (tertiary/aromatic N) is 1. The third-order valence-electron chi connectivity index (χ3n) is 2.88. The van der Waals surface area contributed by atoms with Gasteiger partial charge in [-0.15, -0.1) is 0 Å². The minimum absolute atomic E-state index is 0.169. The van der Waals surface area contributed by atoms with Crippen molar-refractivity contribution in [2.24, 2.45) is 0 Å². The van der Waals surface area contributed by atoms with Crippen LogP contribution in [0.1, 0.15) is 17.2 Å². The fourth-order valence-electron chi connectivity index (χ4n) is 2.15. The monoisotopic (exact) mass is 233 g/mol. The van der Waals surface area contributed by atoms with Gasteiger partial charge >= 0.3 is 6.18 Å². The molecule has 0 saturated carbocycles. The summed E-state index contributed by atoms with van der Waals surface area (Å²) in [4.78, 5) is 1.25. The molecule has 1 heterocycles. The Morgan fingerprint density at radius 1 is 1.31 bits per heavy atom. The third kappa shape index (κ3) is 1.91. The molecule has 0 fully saturated rings. The standard InChI is InChI=1S/C11H11F4N/c1-16-5-4-7-6-8(12)2-3-9(7)10(16)11(13,14)15/h2-3,6,10H,4-5H2,1H3. The lowest BCUT2D eigenvalue weighted by molar-refractivity contribution is -0.185. The highest BCUT2D eigenvalue weighted by molar-refractivity contribution is 5.34. The summed E-state index contributed by atoms with van der Waals surface area (Å²) in [5.74, 6) is -0.482. The summed E-state index contributed by atoms with van der Waals surface area (Å²) in [6.45, 7) is 0.292. The molecule has 2 rings (SSSR count). The summed E-state index contributed by atoms with van der Waals surface area (Å²) in [7, 11) is 1.43. The first-order valence-electron chi connectivity index (χ1n) is 4.95. The van der Waals surface area contributed by atoms with E-state index in [-0.39, 0.29) is 5.56 Å². The van der Waals surface area contributed by atoms with Crippen LogP contribution in [0.5, 0.6) is 0 Å². The van der Waals surface area contributed by atoms with Crippen LogP contribution < -0.4 is 0 Å². The largest absolute Gasteiger partial charge is 0.408 e. The highest BCUT2D eigenvalue weighted by Gasteiger charge is 2.45. The number of alkyl halides is 3. The lowest BCUT2D eigenvalue weighted by atomic mass is 9.92. The van der Waals surface area contributed by atoms with E-state index >= 15 is 0 Å². The fourth-order valence-corrected chi connectivity index (χ4v) is 2.15. The molecule has 1 aliphatic rings. The fraction of sp³-hybridized carbons (Fsp3) is 0.455. The van der Waals surface area contributed by atoms with E-state index in [9.17, 15) is 17.6 Å². The van der Waals surface area contributed by atoms with Crippen LogP contribution in [0, 0.1) is 5.82 Å². The lowest BCUT2D eigenvalue weighted by Gasteiger charge is -2.35. The molecule has 5 heteroatoms. The molecule has 0 radical (unpaired) electrons. The summed E-state index contributed by atoms with van der Waals surface area (Å²) in [6, 6.07) is 1.90. The Kier molecular flexibility index (Phi) is 2.66. The molecule has 1 aromatic carbocycles. The SMILES string of the molecule is CN1CCc2cc(F)ccc2C1C(F)(F)F. The number of likely N-dealkylation sites (N-methyl/N-ethyl adjacent to an activating group) is 1. The predicted molar refractivity (Wildman–Crippen MR) is 51.5 cm³/mol. The van der Waals surface area contributed by atoms with Crippen LogP contribution in [0.2, 0.25) is 0 Å². The first kappa shape index (κ1) is 11.4. The first-order chi connectivity index (χ1) is 7.39. The maximum Gasteiger partial charge on any atom is 0.408 e. The van der Waals surface area contributed by atoms with Crippen molar-refractivity contribution in [3.05, 3.63) is 35.1 Å². The molecule has 0 aromatic heterocycles. The second-order valence-electron chi connectivity index (χ2n) is 4.02. The summed E-state index contributed by atoms with van der Waals surface area (Å²) < 4.78 is 51.4. The van der Waals surface area contributed by atoms with Crippen molar-refractivity contribution in [2.75, 3.05) is 13.6 Å². The van der Waals surface area contributed by atoms with Crippen LogP contribution in [-0.2, 0) is 6.42 Å². The maximum absolute atomic E-state index is 12.9. The molecule has 1 aliphatic heterocycles. The van der Waals surface area contributed by atoms with Crippen LogP contribution in [0.3, 0.4) is 0 Å². The average molecular weight is 233 g/mol. The highest BCUT2D eigenvalue weighted by Crippen LogP contribution is 2.40. The van der Waals surface area contributed by atoms with Crippen molar-refractivity contribution in [1.29, 1.82) is 0 Å². The Hall–Kier alpha value is -1.10. The molecule has 1 atom stereocenters. The molecular formula is C11H11F4N. The second-order valence-corrected chi connectivity index (χ2v) is 4.02. The van der Waals surface area contributed by atoms with Gasteiger partial charge in [0.25, 0.3) is 0 Å². The molecule has 88 valence electrons. The van der Waals surface area contributed by atoms with Gasteiger partial charge in [0.15, 0.2) is 0 Å². The molecule has 0 saturated heterocycles. The van der Waals surface area contributed by atoms with E-state index in [1.54, 1.807) is 0 Å². The number of hydrogen-bond donors (Lipinski definition) is 0. The Morgan fingerprint density at radius 2 is 2.00 bits per heavy atom. The van der Waals surface area contributed by atoms with E-state index in [0.29, 0.717) is 18.5 Å². The first-order valence-corrected chi connectivity index (χ1v) is 4.95. The van der Waals surface area contributed by atoms with Crippen molar-refractivity contribution < 1.29 is 17.6 Å². The normalized spacial score (nSPS) is 21.9. The van der Waals surface area contributed by atoms with Crippen LogP contribution in [0.15, 0.2) is 18.2 Å². The summed E-state index contributed by atoms with van der Waals surface area (Å²) in [5, 5.41) is 0. The van der Waals surface area contributed by atoms with E-state index in [0.717, 1.165) is 6.07 Å². The van der Waals surface area contributed by atoms with Crippen molar-refractivity contribution in [3.63, 3.8) is 0 Å². The molecule has 1 aromatic rings. The quantitative estimate of drug-likeness (QED) is 0.623. The zero-order valence-electron chi connectivity index (χ0n) is 8.68. The van der Waals surface area contributed by atoms with Gasteiger partial charge in [0.1, 0.15) is 11.9 Å². The lowest BCUT2D eigenvalue weighted by Crippen LogP contribution is -2.40. The molecule has 0 amide bonds. The van der Waals surface area contributed by atoms with Gasteiger partial charge in [0.05, 0.1) is 0 Å². The molecule has 1 unspecified atom stereocenters. The Balaban J connectivity index is 2.48. The van der Waals surface area contributed by atoms with E-state index in [4.69, 9.17) is 0 Å². The number of benzene rings is 1. The topological polar surface area (TPSA) is 3.24 Å². The minimum atomic E-state index is -4.32. The molecule has 16 heavy (non-hydrogen) atoms. The Labute approximate surface area is 90.7 Å². The molecule has 0 N–H and O–H groups in total. The van der Waals surface area contributed by atoms with Gasteiger partial charge in [-0.05, 0) is 36.7 Å². The van der Waals surface area contributed by atoms with Crippen LogP contribution >= 0.6 is 0 Å². The zero-order valence-corrected chi connectivity index (χ0v) is 8.68. The molecule has 0 aliphatic carbocycles. The Bertz CT molecular complexity index is 399. The summed E-state index contributed by atoms with van der Waals surface area (Å²) in [5.41, 5.74) is 0.628. The molecule has 0 bridgehead atoms. The minimum Gasteiger partial charge on any atom is -0.291 e. The zero-order chi connectivity index (χ0) is 11.9. The number of rotatable bonds is 0. The van der Waals surface area contributed by atoms with Crippen LogP contribution in [0.25, 0.3) is 0 Å². The van der Waals surface area contributed by atoms with Gasteiger partial charge < -0.3 is 0 Å². The van der Waals surface area contributed by atoms with Crippen molar-refractivity contribution in [2.45, 2.75) is 18.6 Å². The number of fused-ring (bicyclic) bond motifs is 1. The van der Waals surface area contributed by atoms with Gasteiger partial charge in [-0.2, -0.15) is 13.2 Å². The Morgan fingerprint density at radius 3 is 2.62 bits per heavy atom. The molecule has 1 nitrogen and oxygen atoms in total. The van der Waals surface area contributed by atoms with E-state index in [1.807, 2.05) is 0 Å². The molecule has 0 spiro atoms. The van der Waals surface area contributed by atoms with E-state index in [1.165, 1.54) is 24.1 Å². The van der Waals surface area contributed by atoms with Crippen LogP contribution in [0.4, 0.5) is 17.6 Å². The maximum atomic E-state index is 12.9. The van der Waals surface area contributed by atoms with Gasteiger partial charge in [-0.3, -0.25) is 4.90 Å². The second kappa shape index (κ2) is 3.73. The van der Waals surface area contributed by atoms with E-state index in [2.05, 4.69) is 0 Å². The van der Waals surface area contributed by atoms with Gasteiger partial charge in [-0.1, -0.05) is 6.07 Å². The van der Waals surface area contributed by atoms with Crippen LogP contribution in [-0.4, -0.2) is 24.7 Å². The van der Waals surface area contributed by atoms with Gasteiger partial charge in [-0.25, -0.2) is 4.39 Å². The average Bonchev–Trinajstić information content (AvgIpc) is 2.16. The number of halogens is 4. The van der Waals surface area contributed by atoms with Crippen molar-refractivity contribution in [3.8, 4) is 0 Å².